The van der Waals surface area contributed by atoms with Crippen LogP contribution in [0.3, 0.4) is 0 Å². The highest BCUT2D eigenvalue weighted by Gasteiger charge is 2.26. The molecule has 0 bridgehead atoms. The number of carbonyl (C=O) groups excluding carboxylic acids is 3. The SMILES string of the molecule is C1CCOC1.CC.CC.COCC(C)Oc1cc(NC(=O)N2CCCc3cc(CNC=O)c(C=O)nc32)ncc1C#N. The second-order valence-electron chi connectivity index (χ2n) is 8.70. The predicted octanol–water partition coefficient (Wildman–Crippen LogP) is 4.65. The third kappa shape index (κ3) is 11.1. The summed E-state index contributed by atoms with van der Waals surface area (Å²) in [4.78, 5) is 45.1. The Morgan fingerprint density at radius 2 is 1.90 bits per heavy atom. The number of hydrogen-bond donors (Lipinski definition) is 2. The number of nitrogens with one attached hydrogen (secondary N) is 2. The van der Waals surface area contributed by atoms with Gasteiger partial charge in [0.2, 0.25) is 6.41 Å². The number of methoxy groups -OCH3 is 1. The van der Waals surface area contributed by atoms with Crippen molar-refractivity contribution in [2.75, 3.05) is 43.7 Å². The third-order valence-electron chi connectivity index (χ3n) is 5.79. The summed E-state index contributed by atoms with van der Waals surface area (Å²) < 4.78 is 15.7. The number of carbonyl (C=O) groups is 3. The van der Waals surface area contributed by atoms with Crippen LogP contribution in [0.15, 0.2) is 18.3 Å². The van der Waals surface area contributed by atoms with Gasteiger partial charge in [-0.2, -0.15) is 5.26 Å². The number of rotatable bonds is 9. The molecule has 2 aliphatic rings. The molecule has 230 valence electrons. The first-order chi connectivity index (χ1) is 20.5. The Kier molecular flexibility index (Phi) is 17.8. The van der Waals surface area contributed by atoms with E-state index in [1.165, 1.54) is 30.0 Å². The van der Waals surface area contributed by atoms with Crippen molar-refractivity contribution in [3.8, 4) is 11.8 Å². The van der Waals surface area contributed by atoms with Gasteiger partial charge in [0.05, 0.1) is 12.8 Å². The number of aromatic nitrogens is 2. The van der Waals surface area contributed by atoms with Crippen molar-refractivity contribution >= 4 is 30.4 Å². The highest BCUT2D eigenvalue weighted by molar-refractivity contribution is 6.01. The van der Waals surface area contributed by atoms with Crippen LogP contribution in [0.25, 0.3) is 0 Å². The van der Waals surface area contributed by atoms with Crippen molar-refractivity contribution in [2.24, 2.45) is 0 Å². The molecule has 1 saturated heterocycles. The molecule has 0 spiro atoms. The molecule has 0 aliphatic carbocycles. The number of nitriles is 1. The van der Waals surface area contributed by atoms with Crippen molar-refractivity contribution < 1.29 is 28.6 Å². The van der Waals surface area contributed by atoms with Gasteiger partial charge in [-0.1, -0.05) is 27.7 Å². The number of aryl methyl sites for hydroxylation is 1. The summed E-state index contributed by atoms with van der Waals surface area (Å²) in [5.41, 5.74) is 1.77. The maximum Gasteiger partial charge on any atom is 0.328 e. The molecule has 12 heteroatoms. The van der Waals surface area contributed by atoms with Crippen LogP contribution in [-0.2, 0) is 27.2 Å². The van der Waals surface area contributed by atoms with Crippen LogP contribution in [-0.4, -0.2) is 68.3 Å². The fourth-order valence-corrected chi connectivity index (χ4v) is 4.01. The minimum absolute atomic E-state index is 0.155. The van der Waals surface area contributed by atoms with Crippen LogP contribution in [0.4, 0.5) is 16.4 Å². The van der Waals surface area contributed by atoms with Crippen molar-refractivity contribution in [3.63, 3.8) is 0 Å². The Balaban J connectivity index is 0.000000856. The van der Waals surface area contributed by atoms with Crippen molar-refractivity contribution in [1.29, 1.82) is 5.26 Å². The summed E-state index contributed by atoms with van der Waals surface area (Å²) in [5.74, 6) is 0.864. The van der Waals surface area contributed by atoms with Gasteiger partial charge in [-0.05, 0) is 44.2 Å². The average molecular weight is 585 g/mol. The maximum atomic E-state index is 13.0. The van der Waals surface area contributed by atoms with E-state index in [0.717, 1.165) is 18.8 Å². The molecular formula is C30H44N6O6. The smallest absolute Gasteiger partial charge is 0.328 e. The van der Waals surface area contributed by atoms with E-state index in [2.05, 4.69) is 20.6 Å². The number of hydrogen-bond acceptors (Lipinski definition) is 9. The molecule has 1 fully saturated rings. The molecule has 4 heterocycles. The Bertz CT molecular complexity index is 1160. The van der Waals surface area contributed by atoms with E-state index < -0.39 is 6.03 Å². The molecule has 0 radical (unpaired) electrons. The van der Waals surface area contributed by atoms with Gasteiger partial charge in [-0.25, -0.2) is 14.8 Å². The monoisotopic (exact) mass is 584 g/mol. The Hall–Kier alpha value is -4.08. The van der Waals surface area contributed by atoms with Crippen molar-refractivity contribution in [3.05, 3.63) is 40.7 Å². The molecule has 1 atom stereocenters. The first-order valence-electron chi connectivity index (χ1n) is 14.4. The first kappa shape index (κ1) is 35.9. The maximum absolute atomic E-state index is 13.0. The van der Waals surface area contributed by atoms with Crippen LogP contribution in [0, 0.1) is 11.3 Å². The summed E-state index contributed by atoms with van der Waals surface area (Å²) in [6.07, 6.45) is 6.10. The molecule has 0 aromatic carbocycles. The van der Waals surface area contributed by atoms with Gasteiger partial charge >= 0.3 is 6.03 Å². The molecule has 2 aliphatic heterocycles. The van der Waals surface area contributed by atoms with Crippen LogP contribution in [0.2, 0.25) is 0 Å². The Morgan fingerprint density at radius 3 is 2.48 bits per heavy atom. The van der Waals surface area contributed by atoms with Gasteiger partial charge in [0.1, 0.15) is 40.8 Å². The number of nitrogens with zero attached hydrogens (tertiary/aromatic N) is 4. The van der Waals surface area contributed by atoms with Gasteiger partial charge in [-0.15, -0.1) is 0 Å². The fraction of sp³-hybridized carbons (Fsp3) is 0.533. The van der Waals surface area contributed by atoms with Crippen molar-refractivity contribution in [2.45, 2.75) is 73.0 Å². The lowest BCUT2D eigenvalue weighted by Crippen LogP contribution is -2.40. The van der Waals surface area contributed by atoms with Crippen LogP contribution >= 0.6 is 0 Å². The molecule has 2 aromatic heterocycles. The van der Waals surface area contributed by atoms with Gasteiger partial charge in [0.25, 0.3) is 0 Å². The van der Waals surface area contributed by atoms with E-state index in [1.54, 1.807) is 20.1 Å². The summed E-state index contributed by atoms with van der Waals surface area (Å²) in [6, 6.07) is 4.79. The number of anilines is 2. The van der Waals surface area contributed by atoms with E-state index in [4.69, 9.17) is 14.2 Å². The summed E-state index contributed by atoms with van der Waals surface area (Å²) >= 11 is 0. The molecule has 3 amide bonds. The summed E-state index contributed by atoms with van der Waals surface area (Å²) in [7, 11) is 1.55. The van der Waals surface area contributed by atoms with Gasteiger partial charge in [-0.3, -0.25) is 19.8 Å². The molecule has 2 aromatic rings. The second-order valence-corrected chi connectivity index (χ2v) is 8.70. The molecular weight excluding hydrogens is 540 g/mol. The summed E-state index contributed by atoms with van der Waals surface area (Å²) in [6.45, 7) is 12.7. The zero-order chi connectivity index (χ0) is 31.3. The number of aldehydes is 1. The van der Waals surface area contributed by atoms with Crippen LogP contribution < -0.4 is 20.3 Å². The molecule has 1 unspecified atom stereocenters. The molecule has 2 N–H and O–H groups in total. The number of ether oxygens (including phenoxy) is 3. The minimum atomic E-state index is -0.479. The normalized spacial score (nSPS) is 13.6. The van der Waals surface area contributed by atoms with Gasteiger partial charge < -0.3 is 19.5 Å². The topological polar surface area (TPSA) is 156 Å². The largest absolute Gasteiger partial charge is 0.487 e. The zero-order valence-corrected chi connectivity index (χ0v) is 25.6. The quantitative estimate of drug-likeness (QED) is 0.400. The molecule has 42 heavy (non-hydrogen) atoms. The van der Waals surface area contributed by atoms with E-state index in [9.17, 15) is 19.6 Å². The zero-order valence-electron chi connectivity index (χ0n) is 25.6. The van der Waals surface area contributed by atoms with Crippen LogP contribution in [0.5, 0.6) is 5.75 Å². The highest BCUT2D eigenvalue weighted by atomic mass is 16.5. The van der Waals surface area contributed by atoms with E-state index in [-0.39, 0.29) is 35.5 Å². The van der Waals surface area contributed by atoms with E-state index in [0.29, 0.717) is 50.1 Å². The lowest BCUT2D eigenvalue weighted by molar-refractivity contribution is -0.109. The molecule has 0 saturated carbocycles. The Morgan fingerprint density at radius 1 is 1.19 bits per heavy atom. The number of pyridine rings is 2. The van der Waals surface area contributed by atoms with E-state index in [1.807, 2.05) is 33.8 Å². The average Bonchev–Trinajstić information content (AvgIpc) is 3.62. The van der Waals surface area contributed by atoms with Crippen LogP contribution in [0.1, 0.15) is 81.1 Å². The number of urea groups is 1. The lowest BCUT2D eigenvalue weighted by Gasteiger charge is -2.29. The molecule has 12 nitrogen and oxygen atoms in total. The second kappa shape index (κ2) is 20.7. The minimum Gasteiger partial charge on any atom is -0.487 e. The number of fused-ring (bicyclic) bond motifs is 1. The highest BCUT2D eigenvalue weighted by Crippen LogP contribution is 2.28. The fourth-order valence-electron chi connectivity index (χ4n) is 4.01. The first-order valence-corrected chi connectivity index (χ1v) is 14.4. The van der Waals surface area contributed by atoms with Gasteiger partial charge in [0.15, 0.2) is 6.29 Å². The predicted molar refractivity (Wildman–Crippen MR) is 161 cm³/mol. The standard InChI is InChI=1S/C22H24N6O5.C4H8O.2C2H6/c1-14(12-32-2)33-19-7-20(25-10-17(19)8-23)27-22(31)28-5-3-4-15-6-16(9-24-13-30)18(11-29)26-21(15)28;1-2-4-5-3-1;2*1-2/h6-7,10-11,13-14H,3-5,9,12H2,1-2H3,(H,24,30)(H,25,27,31);1-4H2;2*1-2H3. The third-order valence-corrected chi connectivity index (χ3v) is 5.79. The lowest BCUT2D eigenvalue weighted by atomic mass is 10.0. The van der Waals surface area contributed by atoms with Crippen molar-refractivity contribution in [1.82, 2.24) is 15.3 Å². The number of amides is 3. The summed E-state index contributed by atoms with van der Waals surface area (Å²) in [5, 5.41) is 14.5. The Labute approximate surface area is 248 Å². The molecule has 4 rings (SSSR count). The van der Waals surface area contributed by atoms with E-state index >= 15 is 0 Å². The van der Waals surface area contributed by atoms with Gasteiger partial charge in [0, 0.05) is 45.0 Å².